The molecule has 3 amide bonds. The molecule has 0 atom stereocenters. The molecular formula is C17H19N5O3. The number of hydrogen-bond donors (Lipinski definition) is 1. The van der Waals surface area contributed by atoms with E-state index in [4.69, 9.17) is 0 Å². The Morgan fingerprint density at radius 2 is 1.80 bits per heavy atom. The van der Waals surface area contributed by atoms with Crippen molar-refractivity contribution in [2.75, 3.05) is 29.4 Å². The Balaban J connectivity index is 1.68. The molecule has 25 heavy (non-hydrogen) atoms. The molecule has 0 bridgehead atoms. The molecule has 2 aromatic rings. The lowest BCUT2D eigenvalue weighted by Crippen LogP contribution is -2.49. The summed E-state index contributed by atoms with van der Waals surface area (Å²) >= 11 is 0. The van der Waals surface area contributed by atoms with E-state index in [1.54, 1.807) is 4.68 Å². The number of Topliss-reactive ketones (excluding diaryl/α,β-unsaturated/α-hetero) is 1. The molecule has 0 saturated carbocycles. The van der Waals surface area contributed by atoms with E-state index in [-0.39, 0.29) is 12.3 Å². The van der Waals surface area contributed by atoms with Crippen LogP contribution in [0, 0.1) is 0 Å². The summed E-state index contributed by atoms with van der Waals surface area (Å²) in [6.45, 7) is 1.78. The number of aryl methyl sites for hydroxylation is 1. The molecule has 0 aliphatic carbocycles. The first kappa shape index (κ1) is 15.6. The van der Waals surface area contributed by atoms with Crippen molar-refractivity contribution in [2.24, 2.45) is 7.05 Å². The molecule has 1 N–H and O–H groups in total. The number of benzene rings is 1. The Bertz CT molecular complexity index is 878. The van der Waals surface area contributed by atoms with Gasteiger partial charge in [0, 0.05) is 57.0 Å². The van der Waals surface area contributed by atoms with Gasteiger partial charge in [-0.25, -0.2) is 4.79 Å². The van der Waals surface area contributed by atoms with Crippen LogP contribution in [0.4, 0.5) is 16.3 Å². The molecule has 1 aromatic carbocycles. The van der Waals surface area contributed by atoms with E-state index in [0.717, 1.165) is 29.7 Å². The number of nitrogens with zero attached hydrogens (tertiary/aromatic N) is 4. The quantitative estimate of drug-likeness (QED) is 0.886. The first-order valence-electron chi connectivity index (χ1n) is 8.37. The second-order valence-corrected chi connectivity index (χ2v) is 6.43. The number of aromatic nitrogens is 2. The van der Waals surface area contributed by atoms with Crippen molar-refractivity contribution in [1.82, 2.24) is 15.1 Å². The van der Waals surface area contributed by atoms with Gasteiger partial charge in [-0.2, -0.15) is 5.10 Å². The topological polar surface area (TPSA) is 87.5 Å². The summed E-state index contributed by atoms with van der Waals surface area (Å²) in [6, 6.07) is 5.55. The third-order valence-electron chi connectivity index (χ3n) is 4.81. The van der Waals surface area contributed by atoms with Gasteiger partial charge >= 0.3 is 6.03 Å². The number of rotatable bonds is 2. The third kappa shape index (κ3) is 2.73. The Morgan fingerprint density at radius 1 is 1.04 bits per heavy atom. The minimum Gasteiger partial charge on any atom is -0.371 e. The van der Waals surface area contributed by atoms with Gasteiger partial charge in [-0.3, -0.25) is 24.5 Å². The van der Waals surface area contributed by atoms with E-state index >= 15 is 0 Å². The summed E-state index contributed by atoms with van der Waals surface area (Å²) in [4.78, 5) is 38.6. The first-order chi connectivity index (χ1) is 12.0. The molecule has 1 aromatic heterocycles. The van der Waals surface area contributed by atoms with E-state index in [2.05, 4.69) is 15.3 Å². The van der Waals surface area contributed by atoms with Gasteiger partial charge in [0.25, 0.3) is 0 Å². The van der Waals surface area contributed by atoms with E-state index in [0.29, 0.717) is 31.0 Å². The molecule has 2 aliphatic rings. The van der Waals surface area contributed by atoms with Gasteiger partial charge in [-0.1, -0.05) is 0 Å². The lowest BCUT2D eigenvalue weighted by atomic mass is 10.1. The minimum absolute atomic E-state index is 0.261. The largest absolute Gasteiger partial charge is 0.371 e. The fraction of sp³-hybridized carbons (Fsp3) is 0.412. The SMILES string of the molecule is Cn1nc(N2CCC(=O)NC2=O)c2ccc(N3CCC(=O)CC3)cc21. The number of imide groups is 1. The van der Waals surface area contributed by atoms with Crippen molar-refractivity contribution in [3.05, 3.63) is 18.2 Å². The van der Waals surface area contributed by atoms with Crippen LogP contribution in [0.25, 0.3) is 10.9 Å². The lowest BCUT2D eigenvalue weighted by Gasteiger charge is -2.28. The molecule has 0 radical (unpaired) electrons. The number of ketones is 1. The van der Waals surface area contributed by atoms with Crippen LogP contribution in [0.15, 0.2) is 18.2 Å². The van der Waals surface area contributed by atoms with Crippen LogP contribution in [0.1, 0.15) is 19.3 Å². The van der Waals surface area contributed by atoms with E-state index in [9.17, 15) is 14.4 Å². The molecule has 0 spiro atoms. The third-order valence-corrected chi connectivity index (χ3v) is 4.81. The van der Waals surface area contributed by atoms with Crippen molar-refractivity contribution in [3.8, 4) is 0 Å². The highest BCUT2D eigenvalue weighted by molar-refractivity contribution is 6.09. The number of carbonyl (C=O) groups excluding carboxylic acids is 3. The molecule has 2 fully saturated rings. The van der Waals surface area contributed by atoms with Gasteiger partial charge in [0.1, 0.15) is 5.78 Å². The van der Waals surface area contributed by atoms with Crippen molar-refractivity contribution in [1.29, 1.82) is 0 Å². The molecule has 4 rings (SSSR count). The number of hydrogen-bond acceptors (Lipinski definition) is 5. The Morgan fingerprint density at radius 3 is 2.52 bits per heavy atom. The van der Waals surface area contributed by atoms with Crippen molar-refractivity contribution >= 4 is 40.1 Å². The summed E-state index contributed by atoms with van der Waals surface area (Å²) in [5.74, 6) is 0.608. The van der Waals surface area contributed by atoms with Crippen molar-refractivity contribution < 1.29 is 14.4 Å². The molecular weight excluding hydrogens is 322 g/mol. The van der Waals surface area contributed by atoms with E-state index < -0.39 is 6.03 Å². The predicted octanol–water partition coefficient (Wildman–Crippen LogP) is 1.19. The standard InChI is InChI=1S/C17H19N5O3/c1-20-14-10-11(21-7-4-12(23)5-8-21)2-3-13(14)16(19-20)22-9-6-15(24)18-17(22)25/h2-3,10H,4-9H2,1H3,(H,18,24,25). The first-order valence-corrected chi connectivity index (χ1v) is 8.37. The fourth-order valence-corrected chi connectivity index (χ4v) is 3.40. The maximum absolute atomic E-state index is 12.1. The van der Waals surface area contributed by atoms with Crippen LogP contribution in [0.3, 0.4) is 0 Å². The normalized spacial score (nSPS) is 18.8. The van der Waals surface area contributed by atoms with Crippen LogP contribution in [0.5, 0.6) is 0 Å². The average molecular weight is 341 g/mol. The fourth-order valence-electron chi connectivity index (χ4n) is 3.40. The number of amides is 3. The number of urea groups is 1. The molecule has 3 heterocycles. The monoisotopic (exact) mass is 341 g/mol. The maximum Gasteiger partial charge on any atom is 0.329 e. The summed E-state index contributed by atoms with van der Waals surface area (Å²) < 4.78 is 1.74. The highest BCUT2D eigenvalue weighted by atomic mass is 16.2. The predicted molar refractivity (Wildman–Crippen MR) is 92.7 cm³/mol. The van der Waals surface area contributed by atoms with Crippen LogP contribution >= 0.6 is 0 Å². The van der Waals surface area contributed by atoms with Crippen LogP contribution in [0.2, 0.25) is 0 Å². The minimum atomic E-state index is -0.435. The van der Waals surface area contributed by atoms with Crippen LogP contribution in [-0.4, -0.2) is 47.1 Å². The number of anilines is 2. The number of piperidine rings is 1. The molecule has 0 unspecified atom stereocenters. The number of nitrogens with one attached hydrogen (secondary N) is 1. The van der Waals surface area contributed by atoms with Crippen LogP contribution < -0.4 is 15.1 Å². The second kappa shape index (κ2) is 5.87. The Kier molecular flexibility index (Phi) is 3.67. The van der Waals surface area contributed by atoms with Gasteiger partial charge in [0.2, 0.25) is 5.91 Å². The molecule has 8 nitrogen and oxygen atoms in total. The lowest BCUT2D eigenvalue weighted by molar-refractivity contribution is -0.120. The van der Waals surface area contributed by atoms with Gasteiger partial charge in [0.05, 0.1) is 5.52 Å². The zero-order valence-corrected chi connectivity index (χ0v) is 14.0. The Hall–Kier alpha value is -2.90. The van der Waals surface area contributed by atoms with Gasteiger partial charge in [-0.05, 0) is 18.2 Å². The molecule has 8 heteroatoms. The van der Waals surface area contributed by atoms with Gasteiger partial charge in [0.15, 0.2) is 5.82 Å². The highest BCUT2D eigenvalue weighted by Crippen LogP contribution is 2.31. The van der Waals surface area contributed by atoms with Crippen molar-refractivity contribution in [3.63, 3.8) is 0 Å². The zero-order chi connectivity index (χ0) is 17.6. The average Bonchev–Trinajstić information content (AvgIpc) is 2.92. The van der Waals surface area contributed by atoms with Crippen molar-refractivity contribution in [2.45, 2.75) is 19.3 Å². The van der Waals surface area contributed by atoms with E-state index in [1.165, 1.54) is 4.90 Å². The van der Waals surface area contributed by atoms with E-state index in [1.807, 2.05) is 25.2 Å². The number of fused-ring (bicyclic) bond motifs is 1. The molecule has 130 valence electrons. The van der Waals surface area contributed by atoms with Gasteiger partial charge < -0.3 is 4.90 Å². The number of carbonyl (C=O) groups is 3. The van der Waals surface area contributed by atoms with Gasteiger partial charge in [-0.15, -0.1) is 0 Å². The molecule has 2 aliphatic heterocycles. The maximum atomic E-state index is 12.1. The summed E-state index contributed by atoms with van der Waals surface area (Å²) in [5.41, 5.74) is 1.96. The summed E-state index contributed by atoms with van der Waals surface area (Å²) in [7, 11) is 1.84. The summed E-state index contributed by atoms with van der Waals surface area (Å²) in [5, 5.41) is 7.68. The summed E-state index contributed by atoms with van der Waals surface area (Å²) in [6.07, 6.45) is 1.43. The Labute approximate surface area is 144 Å². The highest BCUT2D eigenvalue weighted by Gasteiger charge is 2.28. The zero-order valence-electron chi connectivity index (χ0n) is 14.0. The second-order valence-electron chi connectivity index (χ2n) is 6.43. The molecule has 2 saturated heterocycles. The van der Waals surface area contributed by atoms with Crippen LogP contribution in [-0.2, 0) is 16.6 Å². The smallest absolute Gasteiger partial charge is 0.329 e.